The van der Waals surface area contributed by atoms with Gasteiger partial charge in [-0.15, -0.1) is 0 Å². The second-order valence-electron chi connectivity index (χ2n) is 1.93. The van der Waals surface area contributed by atoms with Gasteiger partial charge in [0.05, 0.1) is 17.1 Å². The van der Waals surface area contributed by atoms with Gasteiger partial charge in [-0.25, -0.2) is 4.98 Å². The van der Waals surface area contributed by atoms with Crippen molar-refractivity contribution in [2.75, 3.05) is 11.5 Å². The van der Waals surface area contributed by atoms with Crippen LogP contribution in [0.15, 0.2) is 12.1 Å². The summed E-state index contributed by atoms with van der Waals surface area (Å²) in [6.45, 7) is 0. The van der Waals surface area contributed by atoms with E-state index in [9.17, 15) is 10.1 Å². The van der Waals surface area contributed by atoms with Crippen molar-refractivity contribution in [1.82, 2.24) is 4.98 Å². The number of hydrogen-bond donors (Lipinski definition) is 2. The summed E-state index contributed by atoms with van der Waals surface area (Å²) in [6.07, 6.45) is 0. The largest absolute Gasteiger partial charge is 0.383 e. The normalized spacial score (nSPS) is 9.45. The second-order valence-corrected chi connectivity index (χ2v) is 1.93. The van der Waals surface area contributed by atoms with Crippen LogP contribution in [-0.2, 0) is 0 Å². The Kier molecular flexibility index (Phi) is 1.59. The molecule has 0 atom stereocenters. The first-order chi connectivity index (χ1) is 5.09. The number of aromatic nitrogens is 1. The van der Waals surface area contributed by atoms with Crippen molar-refractivity contribution in [1.29, 1.82) is 0 Å². The van der Waals surface area contributed by atoms with Gasteiger partial charge in [-0.05, 0) is 0 Å². The summed E-state index contributed by atoms with van der Waals surface area (Å²) in [7, 11) is 0. The van der Waals surface area contributed by atoms with E-state index in [1.54, 1.807) is 0 Å². The zero-order valence-corrected chi connectivity index (χ0v) is 5.52. The molecule has 6 heteroatoms. The minimum Gasteiger partial charge on any atom is -0.383 e. The molecule has 0 fully saturated rings. The quantitative estimate of drug-likeness (QED) is 0.442. The zero-order chi connectivity index (χ0) is 8.43. The van der Waals surface area contributed by atoms with Crippen molar-refractivity contribution in [2.45, 2.75) is 0 Å². The van der Waals surface area contributed by atoms with Crippen LogP contribution >= 0.6 is 0 Å². The molecule has 1 aromatic rings. The van der Waals surface area contributed by atoms with Gasteiger partial charge in [0.2, 0.25) is 0 Å². The lowest BCUT2D eigenvalue weighted by Gasteiger charge is -1.94. The van der Waals surface area contributed by atoms with Gasteiger partial charge in [0.25, 0.3) is 5.69 Å². The van der Waals surface area contributed by atoms with E-state index >= 15 is 0 Å². The fourth-order valence-corrected chi connectivity index (χ4v) is 0.664. The predicted molar refractivity (Wildman–Crippen MR) is 39.7 cm³/mol. The van der Waals surface area contributed by atoms with Gasteiger partial charge in [0.15, 0.2) is 0 Å². The van der Waals surface area contributed by atoms with Gasteiger partial charge in [-0.3, -0.25) is 10.1 Å². The van der Waals surface area contributed by atoms with Crippen molar-refractivity contribution in [2.24, 2.45) is 0 Å². The molecule has 1 heterocycles. The van der Waals surface area contributed by atoms with Crippen LogP contribution in [-0.4, -0.2) is 9.91 Å². The first-order valence-corrected chi connectivity index (χ1v) is 2.77. The highest BCUT2D eigenvalue weighted by Gasteiger charge is 2.06. The molecule has 0 saturated carbocycles. The zero-order valence-electron chi connectivity index (χ0n) is 5.52. The van der Waals surface area contributed by atoms with Crippen molar-refractivity contribution in [3.8, 4) is 0 Å². The Labute approximate surface area is 62.0 Å². The van der Waals surface area contributed by atoms with Crippen molar-refractivity contribution < 1.29 is 4.92 Å². The average Bonchev–Trinajstić information content (AvgIpc) is 1.85. The third-order valence-electron chi connectivity index (χ3n) is 1.06. The Balaban J connectivity index is 3.19. The van der Waals surface area contributed by atoms with Crippen molar-refractivity contribution >= 4 is 17.3 Å². The maximum absolute atomic E-state index is 10.2. The molecule has 0 aliphatic carbocycles. The minimum absolute atomic E-state index is 0.0525. The SMILES string of the molecule is Nc1cc([N+](=O)[O-])cc(N)n1. The summed E-state index contributed by atoms with van der Waals surface area (Å²) < 4.78 is 0. The second kappa shape index (κ2) is 2.41. The number of nitrogens with zero attached hydrogens (tertiary/aromatic N) is 2. The number of nitrogens with two attached hydrogens (primary N) is 2. The van der Waals surface area contributed by atoms with E-state index in [1.165, 1.54) is 0 Å². The van der Waals surface area contributed by atoms with Crippen LogP contribution < -0.4 is 11.5 Å². The van der Waals surface area contributed by atoms with Crippen LogP contribution in [0.1, 0.15) is 0 Å². The van der Waals surface area contributed by atoms with Crippen LogP contribution in [0.2, 0.25) is 0 Å². The average molecular weight is 154 g/mol. The molecule has 0 aliphatic heterocycles. The smallest absolute Gasteiger partial charge is 0.276 e. The Morgan fingerprint density at radius 1 is 1.36 bits per heavy atom. The highest BCUT2D eigenvalue weighted by molar-refractivity contribution is 5.50. The molecule has 0 spiro atoms. The lowest BCUT2D eigenvalue weighted by Crippen LogP contribution is -1.98. The fourth-order valence-electron chi connectivity index (χ4n) is 0.664. The number of nitro groups is 1. The minimum atomic E-state index is -0.575. The van der Waals surface area contributed by atoms with E-state index in [0.29, 0.717) is 0 Å². The molecule has 0 unspecified atom stereocenters. The summed E-state index contributed by atoms with van der Waals surface area (Å²) in [5, 5.41) is 10.2. The molecule has 0 aliphatic rings. The van der Waals surface area contributed by atoms with Gasteiger partial charge in [-0.1, -0.05) is 0 Å². The van der Waals surface area contributed by atoms with Crippen LogP contribution in [0.4, 0.5) is 17.3 Å². The molecule has 4 N–H and O–H groups in total. The molecule has 1 rings (SSSR count). The highest BCUT2D eigenvalue weighted by Crippen LogP contribution is 2.15. The van der Waals surface area contributed by atoms with Crippen LogP contribution in [0, 0.1) is 10.1 Å². The molecule has 0 bridgehead atoms. The molecule has 1 aromatic heterocycles. The Morgan fingerprint density at radius 3 is 2.18 bits per heavy atom. The fraction of sp³-hybridized carbons (Fsp3) is 0. The van der Waals surface area contributed by atoms with Gasteiger partial charge in [0, 0.05) is 0 Å². The highest BCUT2D eigenvalue weighted by atomic mass is 16.6. The van der Waals surface area contributed by atoms with Crippen molar-refractivity contribution in [3.63, 3.8) is 0 Å². The first-order valence-electron chi connectivity index (χ1n) is 2.77. The maximum Gasteiger partial charge on any atom is 0.276 e. The number of anilines is 2. The molecule has 6 nitrogen and oxygen atoms in total. The van der Waals surface area contributed by atoms with E-state index in [0.717, 1.165) is 12.1 Å². The third-order valence-corrected chi connectivity index (χ3v) is 1.06. The predicted octanol–water partition coefficient (Wildman–Crippen LogP) is 0.154. The molecule has 0 aromatic carbocycles. The van der Waals surface area contributed by atoms with E-state index in [1.807, 2.05) is 0 Å². The number of pyridine rings is 1. The molecular formula is C5H6N4O2. The Bertz CT molecular complexity index is 278. The summed E-state index contributed by atoms with van der Waals surface area (Å²) in [5.41, 5.74) is 10.3. The molecule has 11 heavy (non-hydrogen) atoms. The number of rotatable bonds is 1. The van der Waals surface area contributed by atoms with Gasteiger partial charge >= 0.3 is 0 Å². The van der Waals surface area contributed by atoms with Crippen LogP contribution in [0.5, 0.6) is 0 Å². The van der Waals surface area contributed by atoms with Crippen LogP contribution in [0.3, 0.4) is 0 Å². The summed E-state index contributed by atoms with van der Waals surface area (Å²) in [5.74, 6) is 0.105. The molecule has 58 valence electrons. The molecule has 0 amide bonds. The summed E-state index contributed by atoms with van der Waals surface area (Å²) >= 11 is 0. The van der Waals surface area contributed by atoms with Crippen LogP contribution in [0.25, 0.3) is 0 Å². The van der Waals surface area contributed by atoms with E-state index < -0.39 is 4.92 Å². The molecule has 0 radical (unpaired) electrons. The van der Waals surface area contributed by atoms with E-state index in [4.69, 9.17) is 11.5 Å². The maximum atomic E-state index is 10.2. The molecule has 0 saturated heterocycles. The van der Waals surface area contributed by atoms with Crippen molar-refractivity contribution in [3.05, 3.63) is 22.2 Å². The summed E-state index contributed by atoms with van der Waals surface area (Å²) in [4.78, 5) is 13.2. The number of nitrogen functional groups attached to an aromatic ring is 2. The van der Waals surface area contributed by atoms with Gasteiger partial charge in [0.1, 0.15) is 11.6 Å². The van der Waals surface area contributed by atoms with E-state index in [-0.39, 0.29) is 17.3 Å². The lowest BCUT2D eigenvalue weighted by atomic mass is 10.4. The summed E-state index contributed by atoms with van der Waals surface area (Å²) in [6, 6.07) is 2.30. The topological polar surface area (TPSA) is 108 Å². The number of hydrogen-bond acceptors (Lipinski definition) is 5. The van der Waals surface area contributed by atoms with E-state index in [2.05, 4.69) is 4.98 Å². The standard InChI is InChI=1S/C5H6N4O2/c6-4-1-3(9(10)11)2-5(7)8-4/h1-2H,(H4,6,7,8). The Morgan fingerprint density at radius 2 is 1.82 bits per heavy atom. The first kappa shape index (κ1) is 7.26. The Hall–Kier alpha value is -1.85. The lowest BCUT2D eigenvalue weighted by molar-refractivity contribution is -0.384. The third kappa shape index (κ3) is 1.54. The monoisotopic (exact) mass is 154 g/mol. The van der Waals surface area contributed by atoms with Gasteiger partial charge in [-0.2, -0.15) is 0 Å². The van der Waals surface area contributed by atoms with Gasteiger partial charge < -0.3 is 11.5 Å². The molecular weight excluding hydrogens is 148 g/mol.